The maximum absolute atomic E-state index is 13.2. The van der Waals surface area contributed by atoms with Crippen molar-refractivity contribution in [3.63, 3.8) is 0 Å². The minimum atomic E-state index is -4.46. The van der Waals surface area contributed by atoms with Gasteiger partial charge >= 0.3 is 11.9 Å². The number of ether oxygens (including phenoxy) is 1. The quantitative estimate of drug-likeness (QED) is 0.276. The molecule has 1 saturated heterocycles. The molecule has 0 unspecified atom stereocenters. The monoisotopic (exact) mass is 536 g/mol. The van der Waals surface area contributed by atoms with Crippen molar-refractivity contribution in [1.82, 2.24) is 9.55 Å². The maximum atomic E-state index is 13.2. The molecule has 0 aliphatic carbocycles. The fourth-order valence-electron chi connectivity index (χ4n) is 5.02. The molecule has 208 valence electrons. The highest BCUT2D eigenvalue weighted by atomic mass is 19.4. The van der Waals surface area contributed by atoms with Crippen LogP contribution in [0.2, 0.25) is 0 Å². The third kappa shape index (κ3) is 6.47. The van der Waals surface area contributed by atoms with Crippen LogP contribution in [0.15, 0.2) is 39.7 Å². The first-order chi connectivity index (χ1) is 18.2. The van der Waals surface area contributed by atoms with E-state index in [1.807, 2.05) is 0 Å². The fourth-order valence-corrected chi connectivity index (χ4v) is 5.02. The number of furan rings is 1. The molecule has 0 bridgehead atoms. The van der Waals surface area contributed by atoms with Gasteiger partial charge in [-0.05, 0) is 24.1 Å². The Morgan fingerprint density at radius 3 is 2.32 bits per heavy atom. The van der Waals surface area contributed by atoms with Crippen molar-refractivity contribution in [1.29, 1.82) is 0 Å². The Kier molecular flexibility index (Phi) is 9.27. The first-order valence-electron chi connectivity index (χ1n) is 13.4. The Hall–Kier alpha value is -2.69. The summed E-state index contributed by atoms with van der Waals surface area (Å²) in [5.74, 6) is 0.566. The molecular weight excluding hydrogens is 501 g/mol. The standard InChI is InChI=1S/C28H35F3N2O5/c1-2-3-4-5-6-7-8-9-10-22-25(18-11-13-19(14-12-18)28(29,30)31)20-16-33(27(36)32-26(20)38-22)24-15-21(35)23(17-34)37-24/h11-14,16,21,23-24,34-35H,2-10,15,17H2,1H3/t21-,23+,24+/m0/s1. The number of hydrogen-bond donors (Lipinski definition) is 2. The van der Waals surface area contributed by atoms with Crippen molar-refractivity contribution in [3.05, 3.63) is 52.3 Å². The van der Waals surface area contributed by atoms with Crippen LogP contribution in [0, 0.1) is 0 Å². The van der Waals surface area contributed by atoms with E-state index in [9.17, 15) is 28.2 Å². The molecule has 10 heteroatoms. The Morgan fingerprint density at radius 1 is 1.05 bits per heavy atom. The maximum Gasteiger partial charge on any atom is 0.416 e. The van der Waals surface area contributed by atoms with Crippen LogP contribution in [0.3, 0.4) is 0 Å². The van der Waals surface area contributed by atoms with Crippen LogP contribution in [-0.4, -0.2) is 38.6 Å². The first kappa shape index (κ1) is 28.3. The summed E-state index contributed by atoms with van der Waals surface area (Å²) >= 11 is 0. The highest BCUT2D eigenvalue weighted by molar-refractivity contribution is 5.93. The molecule has 1 fully saturated rings. The van der Waals surface area contributed by atoms with Crippen LogP contribution in [-0.2, 0) is 17.3 Å². The molecule has 38 heavy (non-hydrogen) atoms. The lowest BCUT2D eigenvalue weighted by atomic mass is 9.99. The molecule has 3 heterocycles. The molecule has 2 N–H and O–H groups in total. The third-order valence-electron chi connectivity index (χ3n) is 7.14. The van der Waals surface area contributed by atoms with Gasteiger partial charge in [-0.15, -0.1) is 0 Å². The van der Waals surface area contributed by atoms with E-state index < -0.39 is 42.5 Å². The summed E-state index contributed by atoms with van der Waals surface area (Å²) in [7, 11) is 0. The molecule has 0 saturated carbocycles. The highest BCUT2D eigenvalue weighted by Gasteiger charge is 2.35. The van der Waals surface area contributed by atoms with E-state index in [-0.39, 0.29) is 12.1 Å². The minimum absolute atomic E-state index is 0.0941. The number of rotatable bonds is 12. The lowest BCUT2D eigenvalue weighted by Gasteiger charge is -2.14. The highest BCUT2D eigenvalue weighted by Crippen LogP contribution is 2.38. The van der Waals surface area contributed by atoms with Gasteiger partial charge in [0.25, 0.3) is 0 Å². The summed E-state index contributed by atoms with van der Waals surface area (Å²) in [6.07, 6.45) is 4.10. The summed E-state index contributed by atoms with van der Waals surface area (Å²) in [5.41, 5.74) is -0.168. The molecule has 3 aromatic rings. The molecule has 0 radical (unpaired) electrons. The Labute approximate surface area is 219 Å². The largest absolute Gasteiger partial charge is 0.442 e. The van der Waals surface area contributed by atoms with Crippen molar-refractivity contribution < 1.29 is 32.5 Å². The second kappa shape index (κ2) is 12.4. The first-order valence-corrected chi connectivity index (χ1v) is 13.4. The van der Waals surface area contributed by atoms with Gasteiger partial charge in [-0.25, -0.2) is 4.79 Å². The van der Waals surface area contributed by atoms with Crippen molar-refractivity contribution in [3.8, 4) is 11.1 Å². The molecule has 4 rings (SSSR count). The number of nitrogens with zero attached hydrogens (tertiary/aromatic N) is 2. The number of halogens is 3. The molecule has 0 spiro atoms. The van der Waals surface area contributed by atoms with Gasteiger partial charge in [0, 0.05) is 24.6 Å². The molecule has 1 aromatic carbocycles. The second-order valence-electron chi connectivity index (χ2n) is 9.96. The number of aliphatic hydroxyl groups is 2. The molecule has 1 aliphatic rings. The van der Waals surface area contributed by atoms with E-state index in [0.29, 0.717) is 28.7 Å². The van der Waals surface area contributed by atoms with Gasteiger partial charge in [0.15, 0.2) is 0 Å². The molecule has 3 atom stereocenters. The van der Waals surface area contributed by atoms with Crippen LogP contribution >= 0.6 is 0 Å². The molecular formula is C28H35F3N2O5. The molecule has 1 aliphatic heterocycles. The van der Waals surface area contributed by atoms with Crippen LogP contribution in [0.1, 0.15) is 82.3 Å². The second-order valence-corrected chi connectivity index (χ2v) is 9.96. The van der Waals surface area contributed by atoms with Gasteiger partial charge in [-0.1, -0.05) is 64.0 Å². The van der Waals surface area contributed by atoms with Gasteiger partial charge in [0.1, 0.15) is 18.1 Å². The van der Waals surface area contributed by atoms with Gasteiger partial charge in [-0.2, -0.15) is 18.2 Å². The van der Waals surface area contributed by atoms with Gasteiger partial charge in [0.2, 0.25) is 5.71 Å². The zero-order valence-electron chi connectivity index (χ0n) is 21.5. The van der Waals surface area contributed by atoms with Crippen LogP contribution in [0.25, 0.3) is 22.2 Å². The number of benzene rings is 1. The van der Waals surface area contributed by atoms with Gasteiger partial charge < -0.3 is 19.4 Å². The summed E-state index contributed by atoms with van der Waals surface area (Å²) < 4.78 is 52.4. The van der Waals surface area contributed by atoms with E-state index in [1.165, 1.54) is 48.6 Å². The van der Waals surface area contributed by atoms with Crippen molar-refractivity contribution in [2.45, 2.75) is 95.7 Å². The zero-order valence-corrected chi connectivity index (χ0v) is 21.5. The van der Waals surface area contributed by atoms with Gasteiger partial charge in [0.05, 0.1) is 23.7 Å². The summed E-state index contributed by atoms with van der Waals surface area (Å²) in [4.78, 5) is 16.9. The van der Waals surface area contributed by atoms with Gasteiger partial charge in [-0.3, -0.25) is 4.57 Å². The number of aryl methyl sites for hydroxylation is 1. The number of aromatic nitrogens is 2. The number of aliphatic hydroxyl groups excluding tert-OH is 2. The van der Waals surface area contributed by atoms with E-state index >= 15 is 0 Å². The molecule has 7 nitrogen and oxygen atoms in total. The Balaban J connectivity index is 1.63. The summed E-state index contributed by atoms with van der Waals surface area (Å²) in [6, 6.07) is 4.86. The number of unbranched alkanes of at least 4 members (excludes halogenated alkanes) is 7. The Bertz CT molecular complexity index is 1250. The van der Waals surface area contributed by atoms with Crippen LogP contribution in [0.4, 0.5) is 13.2 Å². The molecule has 0 amide bonds. The van der Waals surface area contributed by atoms with E-state index in [2.05, 4.69) is 11.9 Å². The topological polar surface area (TPSA) is 97.7 Å². The average Bonchev–Trinajstić information content (AvgIpc) is 3.43. The van der Waals surface area contributed by atoms with E-state index in [0.717, 1.165) is 37.8 Å². The fraction of sp³-hybridized carbons (Fsp3) is 0.571. The van der Waals surface area contributed by atoms with E-state index in [4.69, 9.17) is 9.15 Å². The summed E-state index contributed by atoms with van der Waals surface area (Å²) in [6.45, 7) is 1.79. The summed E-state index contributed by atoms with van der Waals surface area (Å²) in [5, 5.41) is 20.0. The van der Waals surface area contributed by atoms with Crippen molar-refractivity contribution >= 4 is 11.1 Å². The zero-order chi connectivity index (χ0) is 27.3. The Morgan fingerprint density at radius 2 is 1.71 bits per heavy atom. The van der Waals surface area contributed by atoms with Crippen molar-refractivity contribution in [2.24, 2.45) is 0 Å². The lowest BCUT2D eigenvalue weighted by molar-refractivity contribution is -0.137. The normalized spacial score (nSPS) is 20.0. The third-order valence-corrected chi connectivity index (χ3v) is 7.14. The lowest BCUT2D eigenvalue weighted by Crippen LogP contribution is -2.27. The van der Waals surface area contributed by atoms with Crippen molar-refractivity contribution in [2.75, 3.05) is 6.61 Å². The minimum Gasteiger partial charge on any atom is -0.442 e. The smallest absolute Gasteiger partial charge is 0.416 e. The number of fused-ring (bicyclic) bond motifs is 1. The predicted molar refractivity (Wildman–Crippen MR) is 137 cm³/mol. The number of hydrogen-bond acceptors (Lipinski definition) is 6. The SMILES string of the molecule is CCCCCCCCCCc1oc2nc(=O)n([C@H]3C[C@H](O)[C@@H](CO)O3)cc2c1-c1ccc(C(F)(F)F)cc1. The molecule has 2 aromatic heterocycles. The van der Waals surface area contributed by atoms with Crippen LogP contribution < -0.4 is 5.69 Å². The van der Waals surface area contributed by atoms with E-state index in [1.54, 1.807) is 0 Å². The predicted octanol–water partition coefficient (Wildman–Crippen LogP) is 6.00. The van der Waals surface area contributed by atoms with Crippen LogP contribution in [0.5, 0.6) is 0 Å². The number of alkyl halides is 3. The average molecular weight is 537 g/mol.